The summed E-state index contributed by atoms with van der Waals surface area (Å²) in [4.78, 5) is 16.4. The molecule has 3 nitrogen and oxygen atoms in total. The summed E-state index contributed by atoms with van der Waals surface area (Å²) in [5.41, 5.74) is 2.06. The Morgan fingerprint density at radius 1 is 1.14 bits per heavy atom. The maximum absolute atomic E-state index is 12.0. The minimum Gasteiger partial charge on any atom is -0.302 e. The molecule has 1 heterocycles. The number of halogens is 1. The molecule has 3 rings (SSSR count). The molecule has 1 N–H and O–H groups in total. The zero-order chi connectivity index (χ0) is 14.7. The minimum absolute atomic E-state index is 0.00553. The van der Waals surface area contributed by atoms with Crippen LogP contribution in [0.2, 0.25) is 0 Å². The van der Waals surface area contributed by atoms with Crippen molar-refractivity contribution >= 4 is 48.5 Å². The molecule has 21 heavy (non-hydrogen) atoms. The van der Waals surface area contributed by atoms with Gasteiger partial charge in [0.05, 0.1) is 10.2 Å². The van der Waals surface area contributed by atoms with Crippen LogP contribution >= 0.6 is 27.3 Å². The summed E-state index contributed by atoms with van der Waals surface area (Å²) in [7, 11) is 0. The third kappa shape index (κ3) is 3.49. The Kier molecular flexibility index (Phi) is 4.31. The van der Waals surface area contributed by atoms with E-state index in [1.165, 1.54) is 16.9 Å². The average Bonchev–Trinajstić information content (AvgIpc) is 2.90. The third-order valence-corrected chi connectivity index (χ3v) is 4.68. The van der Waals surface area contributed by atoms with Crippen molar-refractivity contribution in [1.29, 1.82) is 0 Å². The number of nitrogens with zero attached hydrogens (tertiary/aromatic N) is 1. The molecule has 0 aliphatic rings. The van der Waals surface area contributed by atoms with Gasteiger partial charge in [-0.15, -0.1) is 0 Å². The SMILES string of the molecule is O=C(CCc1ccccc1)Nc1nc2c(Br)cccc2s1. The van der Waals surface area contributed by atoms with E-state index in [0.717, 1.165) is 21.1 Å². The fourth-order valence-electron chi connectivity index (χ4n) is 2.05. The Balaban J connectivity index is 1.65. The molecular formula is C16H13BrN2OS. The fraction of sp³-hybridized carbons (Fsp3) is 0.125. The van der Waals surface area contributed by atoms with Gasteiger partial charge < -0.3 is 5.32 Å². The first-order valence-electron chi connectivity index (χ1n) is 6.61. The third-order valence-electron chi connectivity index (χ3n) is 3.10. The lowest BCUT2D eigenvalue weighted by molar-refractivity contribution is -0.116. The number of thiazole rings is 1. The molecule has 0 fully saturated rings. The van der Waals surface area contributed by atoms with Gasteiger partial charge in [0, 0.05) is 10.9 Å². The molecule has 1 aromatic heterocycles. The van der Waals surface area contributed by atoms with Gasteiger partial charge in [0.2, 0.25) is 5.91 Å². The van der Waals surface area contributed by atoms with E-state index in [1.807, 2.05) is 48.5 Å². The van der Waals surface area contributed by atoms with E-state index in [2.05, 4.69) is 26.2 Å². The molecular weight excluding hydrogens is 348 g/mol. The Hall–Kier alpha value is -1.72. The van der Waals surface area contributed by atoms with Gasteiger partial charge in [-0.1, -0.05) is 47.7 Å². The highest BCUT2D eigenvalue weighted by Crippen LogP contribution is 2.30. The van der Waals surface area contributed by atoms with E-state index in [-0.39, 0.29) is 5.91 Å². The number of rotatable bonds is 4. The van der Waals surface area contributed by atoms with Crippen LogP contribution in [0.1, 0.15) is 12.0 Å². The van der Waals surface area contributed by atoms with Crippen molar-refractivity contribution in [2.75, 3.05) is 5.32 Å². The average molecular weight is 361 g/mol. The number of hydrogen-bond donors (Lipinski definition) is 1. The number of aryl methyl sites for hydroxylation is 1. The number of aromatic nitrogens is 1. The number of carbonyl (C=O) groups is 1. The van der Waals surface area contributed by atoms with Crippen molar-refractivity contribution in [3.63, 3.8) is 0 Å². The second kappa shape index (κ2) is 6.37. The number of fused-ring (bicyclic) bond motifs is 1. The molecule has 0 atom stereocenters. The molecule has 0 radical (unpaired) electrons. The van der Waals surface area contributed by atoms with Crippen molar-refractivity contribution < 1.29 is 4.79 Å². The summed E-state index contributed by atoms with van der Waals surface area (Å²) in [5.74, 6) is -0.00553. The minimum atomic E-state index is -0.00553. The largest absolute Gasteiger partial charge is 0.302 e. The lowest BCUT2D eigenvalue weighted by Gasteiger charge is -2.01. The van der Waals surface area contributed by atoms with Crippen LogP contribution in [0.3, 0.4) is 0 Å². The van der Waals surface area contributed by atoms with Gasteiger partial charge in [-0.2, -0.15) is 0 Å². The van der Waals surface area contributed by atoms with E-state index >= 15 is 0 Å². The van der Waals surface area contributed by atoms with Crippen molar-refractivity contribution in [2.45, 2.75) is 12.8 Å². The van der Waals surface area contributed by atoms with Crippen LogP contribution < -0.4 is 5.32 Å². The van der Waals surface area contributed by atoms with E-state index in [1.54, 1.807) is 0 Å². The lowest BCUT2D eigenvalue weighted by atomic mass is 10.1. The van der Waals surface area contributed by atoms with Crippen LogP contribution in [0, 0.1) is 0 Å². The van der Waals surface area contributed by atoms with E-state index < -0.39 is 0 Å². The smallest absolute Gasteiger partial charge is 0.226 e. The van der Waals surface area contributed by atoms with Gasteiger partial charge in [0.1, 0.15) is 0 Å². The van der Waals surface area contributed by atoms with Crippen molar-refractivity contribution in [2.24, 2.45) is 0 Å². The number of nitrogens with one attached hydrogen (secondary N) is 1. The highest BCUT2D eigenvalue weighted by atomic mass is 79.9. The molecule has 0 bridgehead atoms. The normalized spacial score (nSPS) is 10.7. The van der Waals surface area contributed by atoms with E-state index in [0.29, 0.717) is 11.6 Å². The van der Waals surface area contributed by atoms with Crippen LogP contribution in [0.4, 0.5) is 5.13 Å². The molecule has 5 heteroatoms. The first-order valence-corrected chi connectivity index (χ1v) is 8.22. The van der Waals surface area contributed by atoms with Gasteiger partial charge in [0.15, 0.2) is 5.13 Å². The van der Waals surface area contributed by atoms with Crippen molar-refractivity contribution in [1.82, 2.24) is 4.98 Å². The first-order chi connectivity index (χ1) is 10.2. The maximum Gasteiger partial charge on any atom is 0.226 e. The van der Waals surface area contributed by atoms with E-state index in [4.69, 9.17) is 0 Å². The first kappa shape index (κ1) is 14.2. The molecule has 1 amide bonds. The molecule has 2 aromatic carbocycles. The lowest BCUT2D eigenvalue weighted by Crippen LogP contribution is -2.11. The van der Waals surface area contributed by atoms with Gasteiger partial charge >= 0.3 is 0 Å². The molecule has 0 unspecified atom stereocenters. The Morgan fingerprint density at radius 3 is 2.71 bits per heavy atom. The van der Waals surface area contributed by atoms with Gasteiger partial charge in [-0.3, -0.25) is 4.79 Å². The number of anilines is 1. The molecule has 0 aliphatic heterocycles. The Morgan fingerprint density at radius 2 is 1.95 bits per heavy atom. The highest BCUT2D eigenvalue weighted by Gasteiger charge is 2.09. The quantitative estimate of drug-likeness (QED) is 0.736. The molecule has 0 saturated carbocycles. The van der Waals surface area contributed by atoms with Crippen LogP contribution in [0.15, 0.2) is 53.0 Å². The fourth-order valence-corrected chi connectivity index (χ4v) is 3.55. The second-order valence-corrected chi connectivity index (χ2v) is 6.52. The topological polar surface area (TPSA) is 42.0 Å². The summed E-state index contributed by atoms with van der Waals surface area (Å²) in [5, 5.41) is 3.52. The number of para-hydroxylation sites is 1. The summed E-state index contributed by atoms with van der Waals surface area (Å²) >= 11 is 4.96. The zero-order valence-electron chi connectivity index (χ0n) is 11.2. The van der Waals surface area contributed by atoms with Crippen LogP contribution in [0.25, 0.3) is 10.2 Å². The summed E-state index contributed by atoms with van der Waals surface area (Å²) in [6.07, 6.45) is 1.20. The van der Waals surface area contributed by atoms with Crippen LogP contribution in [-0.2, 0) is 11.2 Å². The number of hydrogen-bond acceptors (Lipinski definition) is 3. The van der Waals surface area contributed by atoms with Gasteiger partial charge in [-0.25, -0.2) is 4.98 Å². The van der Waals surface area contributed by atoms with Crippen molar-refractivity contribution in [3.8, 4) is 0 Å². The molecule has 106 valence electrons. The van der Waals surface area contributed by atoms with Crippen LogP contribution in [-0.4, -0.2) is 10.9 Å². The summed E-state index contributed by atoms with van der Waals surface area (Å²) in [6, 6.07) is 15.9. The molecule has 0 aliphatic carbocycles. The van der Waals surface area contributed by atoms with E-state index in [9.17, 15) is 4.79 Å². The monoisotopic (exact) mass is 360 g/mol. The summed E-state index contributed by atoms with van der Waals surface area (Å²) in [6.45, 7) is 0. The standard InChI is InChI=1S/C16H13BrN2OS/c17-12-7-4-8-13-15(12)19-16(21-13)18-14(20)10-9-11-5-2-1-3-6-11/h1-8H,9-10H2,(H,18,19,20). The number of benzene rings is 2. The number of amides is 1. The summed E-state index contributed by atoms with van der Waals surface area (Å²) < 4.78 is 2.00. The highest BCUT2D eigenvalue weighted by molar-refractivity contribution is 9.10. The van der Waals surface area contributed by atoms with Gasteiger partial charge in [0.25, 0.3) is 0 Å². The van der Waals surface area contributed by atoms with Crippen LogP contribution in [0.5, 0.6) is 0 Å². The molecule has 3 aromatic rings. The second-order valence-electron chi connectivity index (χ2n) is 4.64. The maximum atomic E-state index is 12.0. The molecule has 0 saturated heterocycles. The van der Waals surface area contributed by atoms with Gasteiger partial charge in [-0.05, 0) is 40.0 Å². The van der Waals surface area contributed by atoms with Crippen molar-refractivity contribution in [3.05, 3.63) is 58.6 Å². The number of carbonyl (C=O) groups excluding carboxylic acids is 1. The zero-order valence-corrected chi connectivity index (χ0v) is 13.6. The predicted molar refractivity (Wildman–Crippen MR) is 90.7 cm³/mol. The Labute approximate surface area is 135 Å². The Bertz CT molecular complexity index is 770. The molecule has 0 spiro atoms. The predicted octanol–water partition coefficient (Wildman–Crippen LogP) is 4.63.